The number of para-hydroxylation sites is 1. The maximum absolute atomic E-state index is 8.63. The van der Waals surface area contributed by atoms with Gasteiger partial charge in [0, 0.05) is 14.1 Å². The van der Waals surface area contributed by atoms with E-state index in [9.17, 15) is 0 Å². The number of rotatable bonds is 0. The molecule has 2 nitrogen and oxygen atoms in total. The molecule has 0 aromatic heterocycles. The summed E-state index contributed by atoms with van der Waals surface area (Å²) >= 11 is 8.46. The first-order valence-corrected chi connectivity index (χ1v) is 4.54. The largest absolute Gasteiger partial charge is 0.508 e. The highest BCUT2D eigenvalue weighted by Gasteiger charge is 1.83. The first-order chi connectivity index (χ1) is 6.04. The van der Waals surface area contributed by atoms with Gasteiger partial charge in [-0.1, -0.05) is 30.4 Å². The highest BCUT2D eigenvalue weighted by Crippen LogP contribution is 2.02. The van der Waals surface area contributed by atoms with E-state index in [-0.39, 0.29) is 0 Å². The van der Waals surface area contributed by atoms with Gasteiger partial charge in [0.15, 0.2) is 0 Å². The molecule has 0 aliphatic heterocycles. The van der Waals surface area contributed by atoms with E-state index in [1.807, 2.05) is 20.2 Å². The maximum Gasteiger partial charge on any atom is 0.132 e. The van der Waals surface area contributed by atoms with Crippen molar-refractivity contribution in [3.63, 3.8) is 0 Å². The molecule has 1 N–H and O–H groups in total. The molecule has 0 bridgehead atoms. The fourth-order valence-corrected chi connectivity index (χ4v) is 0.428. The molecule has 0 spiro atoms. The Morgan fingerprint density at radius 3 is 1.85 bits per heavy atom. The molecule has 0 aliphatic rings. The van der Waals surface area contributed by atoms with E-state index in [1.54, 1.807) is 29.2 Å². The predicted molar refractivity (Wildman–Crippen MR) is 63.4 cm³/mol. The number of aromatic hydroxyl groups is 1. The molecule has 13 heavy (non-hydrogen) atoms. The summed E-state index contributed by atoms with van der Waals surface area (Å²) in [5.41, 5.74) is 0. The van der Waals surface area contributed by atoms with Crippen LogP contribution in [-0.4, -0.2) is 28.4 Å². The quantitative estimate of drug-likeness (QED) is 0.512. The van der Waals surface area contributed by atoms with Crippen LogP contribution in [0.1, 0.15) is 0 Å². The molecule has 1 aromatic rings. The zero-order valence-corrected chi connectivity index (χ0v) is 9.35. The molecule has 0 saturated carbocycles. The van der Waals surface area contributed by atoms with Crippen molar-refractivity contribution in [2.75, 3.05) is 14.1 Å². The average Bonchev–Trinajstić information content (AvgIpc) is 2.06. The van der Waals surface area contributed by atoms with E-state index >= 15 is 0 Å². The summed E-state index contributed by atoms with van der Waals surface area (Å²) in [5.74, 6) is 0.322. The van der Waals surface area contributed by atoms with Crippen molar-refractivity contribution in [3.05, 3.63) is 30.3 Å². The summed E-state index contributed by atoms with van der Waals surface area (Å²) in [6.45, 7) is 0. The van der Waals surface area contributed by atoms with Crippen LogP contribution in [0.15, 0.2) is 30.3 Å². The van der Waals surface area contributed by atoms with E-state index in [4.69, 9.17) is 5.11 Å². The fraction of sp³-hybridized carbons (Fsp3) is 0.222. The van der Waals surface area contributed by atoms with Gasteiger partial charge in [-0.05, 0) is 12.1 Å². The van der Waals surface area contributed by atoms with Gasteiger partial charge in [0.2, 0.25) is 0 Å². The number of thiocarbonyl (C=S) groups is 1. The van der Waals surface area contributed by atoms with Gasteiger partial charge in [0.05, 0.1) is 0 Å². The Kier molecular flexibility index (Phi) is 6.36. The van der Waals surface area contributed by atoms with Gasteiger partial charge in [-0.3, -0.25) is 0 Å². The molecule has 4 heteroatoms. The van der Waals surface area contributed by atoms with Crippen molar-refractivity contribution < 1.29 is 5.11 Å². The summed E-state index contributed by atoms with van der Waals surface area (Å²) < 4.78 is 0.620. The SMILES string of the molecule is CN(C)C(=S)S.Oc1ccccc1. The Morgan fingerprint density at radius 2 is 1.69 bits per heavy atom. The summed E-state index contributed by atoms with van der Waals surface area (Å²) in [4.78, 5) is 1.76. The highest BCUT2D eigenvalue weighted by molar-refractivity contribution is 8.10. The molecule has 1 aromatic carbocycles. The average molecular weight is 215 g/mol. The number of hydrogen-bond acceptors (Lipinski definition) is 2. The molecule has 0 unspecified atom stereocenters. The van der Waals surface area contributed by atoms with E-state index in [2.05, 4.69) is 24.8 Å². The Balaban J connectivity index is 0.000000226. The van der Waals surface area contributed by atoms with Crippen molar-refractivity contribution in [2.45, 2.75) is 0 Å². The minimum absolute atomic E-state index is 0.322. The van der Waals surface area contributed by atoms with Crippen LogP contribution in [0.25, 0.3) is 0 Å². The van der Waals surface area contributed by atoms with Gasteiger partial charge in [-0.15, -0.1) is 12.6 Å². The molecular weight excluding hydrogens is 202 g/mol. The molecule has 0 radical (unpaired) electrons. The normalized spacial score (nSPS) is 8.23. The second kappa shape index (κ2) is 6.74. The molecule has 0 fully saturated rings. The van der Waals surface area contributed by atoms with E-state index < -0.39 is 0 Å². The third kappa shape index (κ3) is 7.62. The van der Waals surface area contributed by atoms with Crippen molar-refractivity contribution >= 4 is 29.2 Å². The molecule has 72 valence electrons. The first kappa shape index (κ1) is 12.3. The number of nitrogens with zero attached hydrogens (tertiary/aromatic N) is 1. The lowest BCUT2D eigenvalue weighted by atomic mass is 10.3. The predicted octanol–water partition coefficient (Wildman–Crippen LogP) is 2.15. The lowest BCUT2D eigenvalue weighted by Gasteiger charge is -2.05. The minimum atomic E-state index is 0.322. The highest BCUT2D eigenvalue weighted by atomic mass is 32.1. The van der Waals surface area contributed by atoms with Crippen LogP contribution in [-0.2, 0) is 0 Å². The zero-order valence-electron chi connectivity index (χ0n) is 7.64. The Labute approximate surface area is 89.6 Å². The Hall–Kier alpha value is -0.740. The van der Waals surface area contributed by atoms with Gasteiger partial charge in [0.1, 0.15) is 10.1 Å². The molecule has 0 aliphatic carbocycles. The van der Waals surface area contributed by atoms with Crippen LogP contribution in [0, 0.1) is 0 Å². The van der Waals surface area contributed by atoms with Crippen LogP contribution in [0.3, 0.4) is 0 Å². The number of hydrogen-bond donors (Lipinski definition) is 2. The lowest BCUT2D eigenvalue weighted by Crippen LogP contribution is -2.12. The van der Waals surface area contributed by atoms with Crippen molar-refractivity contribution in [3.8, 4) is 5.75 Å². The number of phenols is 1. The van der Waals surface area contributed by atoms with E-state index in [1.165, 1.54) is 0 Å². The maximum atomic E-state index is 8.63. The molecule has 0 saturated heterocycles. The first-order valence-electron chi connectivity index (χ1n) is 3.68. The van der Waals surface area contributed by atoms with Gasteiger partial charge < -0.3 is 10.0 Å². The smallest absolute Gasteiger partial charge is 0.132 e. The van der Waals surface area contributed by atoms with Crippen LogP contribution >= 0.6 is 24.8 Å². The Bertz CT molecular complexity index is 249. The molecule has 0 heterocycles. The molecule has 0 amide bonds. The van der Waals surface area contributed by atoms with Crippen molar-refractivity contribution in [1.29, 1.82) is 0 Å². The summed E-state index contributed by atoms with van der Waals surface area (Å²) in [5, 5.41) is 8.63. The third-order valence-electron chi connectivity index (χ3n) is 1.14. The fourth-order valence-electron chi connectivity index (χ4n) is 0.428. The van der Waals surface area contributed by atoms with Crippen LogP contribution < -0.4 is 0 Å². The summed E-state index contributed by atoms with van der Waals surface area (Å²) in [6, 6.07) is 8.71. The van der Waals surface area contributed by atoms with Gasteiger partial charge in [-0.2, -0.15) is 0 Å². The van der Waals surface area contributed by atoms with Crippen LogP contribution in [0.5, 0.6) is 5.75 Å². The minimum Gasteiger partial charge on any atom is -0.508 e. The van der Waals surface area contributed by atoms with E-state index in [0.29, 0.717) is 10.1 Å². The van der Waals surface area contributed by atoms with Crippen molar-refractivity contribution in [2.24, 2.45) is 0 Å². The van der Waals surface area contributed by atoms with E-state index in [0.717, 1.165) is 0 Å². The third-order valence-corrected chi connectivity index (χ3v) is 1.90. The second-order valence-electron chi connectivity index (χ2n) is 2.51. The number of thiol groups is 1. The van der Waals surface area contributed by atoms with Crippen LogP contribution in [0.2, 0.25) is 0 Å². The Morgan fingerprint density at radius 1 is 1.31 bits per heavy atom. The van der Waals surface area contributed by atoms with Gasteiger partial charge >= 0.3 is 0 Å². The number of phenolic OH excluding ortho intramolecular Hbond substituents is 1. The molecule has 1 rings (SSSR count). The van der Waals surface area contributed by atoms with Gasteiger partial charge in [-0.25, -0.2) is 0 Å². The van der Waals surface area contributed by atoms with Gasteiger partial charge in [0.25, 0.3) is 0 Å². The summed E-state index contributed by atoms with van der Waals surface area (Å²) in [7, 11) is 3.71. The summed E-state index contributed by atoms with van der Waals surface area (Å²) in [6.07, 6.45) is 0. The molecule has 0 atom stereocenters. The lowest BCUT2D eigenvalue weighted by molar-refractivity contribution is 0.475. The standard InChI is InChI=1S/C6H6O.C3H7NS2/c7-6-4-2-1-3-5-6;1-4(2)3(5)6/h1-5,7H;1-2H3,(H,5,6). The monoisotopic (exact) mass is 215 g/mol. The molecular formula is C9H13NOS2. The van der Waals surface area contributed by atoms with Crippen molar-refractivity contribution in [1.82, 2.24) is 4.90 Å². The number of benzene rings is 1. The zero-order chi connectivity index (χ0) is 10.3. The second-order valence-corrected chi connectivity index (χ2v) is 3.63. The van der Waals surface area contributed by atoms with Crippen LogP contribution in [0.4, 0.5) is 0 Å². The topological polar surface area (TPSA) is 23.5 Å².